The molecule has 2 rings (SSSR count). The molecule has 440 valence electrons. The van der Waals surface area contributed by atoms with Crippen LogP contribution in [0.4, 0.5) is 11.4 Å². The van der Waals surface area contributed by atoms with Crippen LogP contribution in [-0.4, -0.2) is 11.4 Å². The molecule has 0 aliphatic rings. The van der Waals surface area contributed by atoms with Gasteiger partial charge in [0.1, 0.15) is 0 Å². The molecule has 0 amide bonds. The predicted molar refractivity (Wildman–Crippen MR) is 344 cm³/mol. The van der Waals surface area contributed by atoms with Gasteiger partial charge in [0.05, 0.1) is 22.8 Å². The summed E-state index contributed by atoms with van der Waals surface area (Å²) in [5.74, 6) is 13.8. The minimum Gasteiger partial charge on any atom is -0.252 e. The van der Waals surface area contributed by atoms with E-state index in [0.29, 0.717) is 0 Å². The quantitative estimate of drug-likeness (QED) is 0.0273. The van der Waals surface area contributed by atoms with Gasteiger partial charge in [-0.1, -0.05) is 334 Å². The first kappa shape index (κ1) is 72.6. The van der Waals surface area contributed by atoms with Crippen LogP contribution in [-0.2, 0) is 20.4 Å². The standard InChI is InChI=1S/C74H124N2.Pd/c1-5-9-13-16-19-21-23-25-27-29-31-33-35-37-39-41-43-45-47-49-51-54-57-69-61-65-71(66-62-69)75-73(59-12-8-4)74(60-56-53-18-15-11-7-3)76-72-67-63-70(64-68-72)58-55-52-50-48-46-44-42-40-38-36-34-32-30-28-26-24-22-20-17-14-10-6-2;/h61-68H,5-53,56,59-60H2,1-4H3;. The predicted octanol–water partition coefficient (Wildman–Crippen LogP) is 25.6. The van der Waals surface area contributed by atoms with Crippen LogP contribution in [0.2, 0.25) is 0 Å². The summed E-state index contributed by atoms with van der Waals surface area (Å²) >= 11 is 0. The zero-order chi connectivity index (χ0) is 54.1. The summed E-state index contributed by atoms with van der Waals surface area (Å²) in [6, 6.07) is 17.3. The Kier molecular flexibility index (Phi) is 54.9. The molecule has 2 nitrogen and oxygen atoms in total. The van der Waals surface area contributed by atoms with Gasteiger partial charge in [-0.05, 0) is 87.1 Å². The molecule has 77 heavy (non-hydrogen) atoms. The van der Waals surface area contributed by atoms with Crippen molar-refractivity contribution in [2.75, 3.05) is 0 Å². The maximum absolute atomic E-state index is 5.33. The molecule has 0 saturated heterocycles. The van der Waals surface area contributed by atoms with E-state index < -0.39 is 0 Å². The molecule has 0 atom stereocenters. The second kappa shape index (κ2) is 58.2. The molecule has 0 fully saturated rings. The topological polar surface area (TPSA) is 24.7 Å². The van der Waals surface area contributed by atoms with Crippen molar-refractivity contribution in [1.82, 2.24) is 0 Å². The molecule has 2 aromatic carbocycles. The van der Waals surface area contributed by atoms with Gasteiger partial charge in [-0.3, -0.25) is 9.98 Å². The van der Waals surface area contributed by atoms with Crippen LogP contribution < -0.4 is 0 Å². The number of hydrogen-bond donors (Lipinski definition) is 0. The number of aliphatic imine (C=N–C) groups is 2. The Hall–Kier alpha value is -2.44. The Bertz CT molecular complexity index is 1730. The molecule has 0 bridgehead atoms. The van der Waals surface area contributed by atoms with Gasteiger partial charge in [0.2, 0.25) is 0 Å². The van der Waals surface area contributed by atoms with Gasteiger partial charge < -0.3 is 0 Å². The second-order valence-electron chi connectivity index (χ2n) is 23.4. The van der Waals surface area contributed by atoms with Crippen LogP contribution >= 0.6 is 0 Å². The molecule has 2 aromatic rings. The number of hydrogen-bond acceptors (Lipinski definition) is 2. The van der Waals surface area contributed by atoms with Gasteiger partial charge in [0.25, 0.3) is 0 Å². The van der Waals surface area contributed by atoms with Gasteiger partial charge in [-0.15, -0.1) is 0 Å². The normalized spacial score (nSPS) is 11.6. The Morgan fingerprint density at radius 1 is 0.260 bits per heavy atom. The molecule has 0 aromatic heterocycles. The maximum atomic E-state index is 5.33. The van der Waals surface area contributed by atoms with Crippen molar-refractivity contribution < 1.29 is 20.4 Å². The molecule has 0 spiro atoms. The van der Waals surface area contributed by atoms with Gasteiger partial charge in [0, 0.05) is 44.4 Å². The smallest absolute Gasteiger partial charge is 0.0634 e. The van der Waals surface area contributed by atoms with Crippen LogP contribution in [0, 0.1) is 23.7 Å². The fourth-order valence-electron chi connectivity index (χ4n) is 10.8. The molecular formula is C74H124N2Pd. The third-order valence-corrected chi connectivity index (χ3v) is 15.9. The van der Waals surface area contributed by atoms with Gasteiger partial charge in [-0.25, -0.2) is 0 Å². The number of nitrogens with zero attached hydrogens (tertiary/aromatic N) is 2. The second-order valence-corrected chi connectivity index (χ2v) is 23.4. The van der Waals surface area contributed by atoms with Gasteiger partial charge >= 0.3 is 0 Å². The summed E-state index contributed by atoms with van der Waals surface area (Å²) in [4.78, 5) is 10.6. The van der Waals surface area contributed by atoms with E-state index in [1.165, 1.54) is 289 Å². The molecular weight excluding hydrogens is 1020 g/mol. The zero-order valence-corrected chi connectivity index (χ0v) is 53.2. The largest absolute Gasteiger partial charge is 0.252 e. The Balaban J connectivity index is 0.0000296. The summed E-state index contributed by atoms with van der Waals surface area (Å²) in [5, 5.41) is 0. The third kappa shape index (κ3) is 47.0. The van der Waals surface area contributed by atoms with Crippen molar-refractivity contribution in [2.45, 2.75) is 362 Å². The molecule has 3 heteroatoms. The molecule has 0 aliphatic carbocycles. The van der Waals surface area contributed by atoms with Crippen LogP contribution in [0.5, 0.6) is 0 Å². The van der Waals surface area contributed by atoms with Crippen molar-refractivity contribution >= 4 is 22.8 Å². The van der Waals surface area contributed by atoms with E-state index in [1.54, 1.807) is 0 Å². The fourth-order valence-corrected chi connectivity index (χ4v) is 10.8. The summed E-state index contributed by atoms with van der Waals surface area (Å²) in [6.07, 6.45) is 70.6. The fraction of sp³-hybridized carbons (Fsp3) is 0.757. The van der Waals surface area contributed by atoms with Crippen molar-refractivity contribution in [2.24, 2.45) is 9.98 Å². The number of unbranched alkanes of at least 4 members (excludes halogenated alkanes) is 46. The number of rotatable bonds is 53. The van der Waals surface area contributed by atoms with E-state index >= 15 is 0 Å². The minimum absolute atomic E-state index is 0. The first-order valence-corrected chi connectivity index (χ1v) is 34.0. The van der Waals surface area contributed by atoms with Crippen molar-refractivity contribution in [3.8, 4) is 23.7 Å². The van der Waals surface area contributed by atoms with Gasteiger partial charge in [-0.2, -0.15) is 0 Å². The van der Waals surface area contributed by atoms with E-state index in [0.717, 1.165) is 78.9 Å². The summed E-state index contributed by atoms with van der Waals surface area (Å²) < 4.78 is 0. The minimum atomic E-state index is 0. The monoisotopic (exact) mass is 1150 g/mol. The third-order valence-electron chi connectivity index (χ3n) is 15.9. The van der Waals surface area contributed by atoms with E-state index in [4.69, 9.17) is 9.98 Å². The van der Waals surface area contributed by atoms with E-state index in [9.17, 15) is 0 Å². The Labute approximate surface area is 495 Å². The molecule has 0 saturated carbocycles. The average Bonchev–Trinajstić information content (AvgIpc) is 3.44. The summed E-state index contributed by atoms with van der Waals surface area (Å²) in [6.45, 7) is 9.19. The van der Waals surface area contributed by atoms with E-state index in [-0.39, 0.29) is 20.4 Å². The van der Waals surface area contributed by atoms with Crippen molar-refractivity contribution in [3.05, 3.63) is 59.7 Å². The molecule has 0 radical (unpaired) electrons. The SMILES string of the molecule is CCCCCCCCCCCCCCCCCCCCCCC#Cc1ccc(N=C(CCCC)C(CCCCCCCC)=Nc2ccc(C#CCCCCCCCCCCCCCCCCCCCCCC)cc2)cc1.[Pd]. The van der Waals surface area contributed by atoms with Crippen LogP contribution in [0.15, 0.2) is 58.5 Å². The average molecular weight is 1150 g/mol. The van der Waals surface area contributed by atoms with Crippen LogP contribution in [0.1, 0.15) is 373 Å². The van der Waals surface area contributed by atoms with Crippen LogP contribution in [0.25, 0.3) is 0 Å². The van der Waals surface area contributed by atoms with E-state index in [2.05, 4.69) is 99.9 Å². The molecule has 0 heterocycles. The Morgan fingerprint density at radius 2 is 0.468 bits per heavy atom. The van der Waals surface area contributed by atoms with Crippen LogP contribution in [0.3, 0.4) is 0 Å². The van der Waals surface area contributed by atoms with E-state index in [1.807, 2.05) is 0 Å². The Morgan fingerprint density at radius 3 is 0.714 bits per heavy atom. The molecule has 0 N–H and O–H groups in total. The van der Waals surface area contributed by atoms with Gasteiger partial charge in [0.15, 0.2) is 0 Å². The molecule has 0 aliphatic heterocycles. The maximum Gasteiger partial charge on any atom is 0.0634 e. The summed E-state index contributed by atoms with van der Waals surface area (Å²) in [5.41, 5.74) is 6.50. The number of benzene rings is 2. The van der Waals surface area contributed by atoms with Crippen molar-refractivity contribution in [3.63, 3.8) is 0 Å². The molecule has 0 unspecified atom stereocenters. The summed E-state index contributed by atoms with van der Waals surface area (Å²) in [7, 11) is 0. The first-order chi connectivity index (χ1) is 37.7. The first-order valence-electron chi connectivity index (χ1n) is 34.0. The van der Waals surface area contributed by atoms with Crippen molar-refractivity contribution in [1.29, 1.82) is 0 Å². The zero-order valence-electron chi connectivity index (χ0n) is 51.6.